The first-order chi connectivity index (χ1) is 14.5. The summed E-state index contributed by atoms with van der Waals surface area (Å²) in [5.41, 5.74) is 4.92. The average molecular weight is 405 g/mol. The highest BCUT2D eigenvalue weighted by molar-refractivity contribution is 6.06. The van der Waals surface area contributed by atoms with E-state index in [-0.39, 0.29) is 11.5 Å². The van der Waals surface area contributed by atoms with Gasteiger partial charge in [-0.2, -0.15) is 5.10 Å². The Bertz CT molecular complexity index is 1110. The Balaban J connectivity index is 1.69. The molecule has 0 saturated carbocycles. The molecule has 6 nitrogen and oxygen atoms in total. The molecule has 0 radical (unpaired) electrons. The standard InChI is InChI=1S/C23H20FN3O3/c1-15(26-27-23(29)18-8-5-11-21(14-18)30-2)16-6-4-10-20(13-16)25-22(28)17-7-3-9-19(24)12-17/h3-14H,1-2H3,(H,25,28)(H,27,29)/b26-15+. The second-order valence-electron chi connectivity index (χ2n) is 6.42. The summed E-state index contributed by atoms with van der Waals surface area (Å²) in [6.45, 7) is 1.74. The summed E-state index contributed by atoms with van der Waals surface area (Å²) >= 11 is 0. The SMILES string of the molecule is COc1cccc(C(=O)N/N=C(\C)c2cccc(NC(=O)c3cccc(F)c3)c2)c1. The number of anilines is 1. The zero-order chi connectivity index (χ0) is 21.5. The van der Waals surface area contributed by atoms with Crippen molar-refractivity contribution in [3.8, 4) is 5.75 Å². The van der Waals surface area contributed by atoms with Crippen LogP contribution in [0.25, 0.3) is 0 Å². The van der Waals surface area contributed by atoms with E-state index >= 15 is 0 Å². The molecule has 0 bridgehead atoms. The zero-order valence-corrected chi connectivity index (χ0v) is 16.5. The number of carbonyl (C=O) groups excluding carboxylic acids is 2. The number of carbonyl (C=O) groups is 2. The Morgan fingerprint density at radius 3 is 2.27 bits per heavy atom. The molecule has 0 saturated heterocycles. The fraction of sp³-hybridized carbons (Fsp3) is 0.0870. The molecule has 152 valence electrons. The van der Waals surface area contributed by atoms with Gasteiger partial charge in [0.15, 0.2) is 0 Å². The van der Waals surface area contributed by atoms with Gasteiger partial charge in [-0.15, -0.1) is 0 Å². The molecule has 3 aromatic rings. The van der Waals surface area contributed by atoms with Crippen molar-refractivity contribution >= 4 is 23.2 Å². The number of amides is 2. The fourth-order valence-corrected chi connectivity index (χ4v) is 2.68. The Kier molecular flexibility index (Phi) is 6.54. The number of benzene rings is 3. The summed E-state index contributed by atoms with van der Waals surface area (Å²) in [5, 5.41) is 6.85. The van der Waals surface area contributed by atoms with E-state index in [4.69, 9.17) is 4.74 Å². The summed E-state index contributed by atoms with van der Waals surface area (Å²) in [6, 6.07) is 19.2. The Morgan fingerprint density at radius 2 is 1.53 bits per heavy atom. The highest BCUT2D eigenvalue weighted by Crippen LogP contribution is 2.15. The van der Waals surface area contributed by atoms with Gasteiger partial charge in [0.2, 0.25) is 0 Å². The van der Waals surface area contributed by atoms with Gasteiger partial charge in [0.1, 0.15) is 11.6 Å². The van der Waals surface area contributed by atoms with Crippen molar-refractivity contribution in [3.63, 3.8) is 0 Å². The predicted octanol–water partition coefficient (Wildman–Crippen LogP) is 4.24. The number of halogens is 1. The van der Waals surface area contributed by atoms with Crippen LogP contribution in [0.4, 0.5) is 10.1 Å². The maximum Gasteiger partial charge on any atom is 0.271 e. The van der Waals surface area contributed by atoms with E-state index in [1.165, 1.54) is 31.4 Å². The molecule has 3 aromatic carbocycles. The fourth-order valence-electron chi connectivity index (χ4n) is 2.68. The minimum Gasteiger partial charge on any atom is -0.497 e. The first-order valence-corrected chi connectivity index (χ1v) is 9.12. The van der Waals surface area contributed by atoms with Gasteiger partial charge >= 0.3 is 0 Å². The van der Waals surface area contributed by atoms with Crippen LogP contribution in [0.5, 0.6) is 5.75 Å². The van der Waals surface area contributed by atoms with Gasteiger partial charge in [0.25, 0.3) is 11.8 Å². The normalized spacial score (nSPS) is 11.0. The topological polar surface area (TPSA) is 79.8 Å². The van der Waals surface area contributed by atoms with E-state index < -0.39 is 11.7 Å². The Hall–Kier alpha value is -4.00. The van der Waals surface area contributed by atoms with Crippen LogP contribution in [-0.4, -0.2) is 24.6 Å². The maximum atomic E-state index is 13.3. The Labute approximate surface area is 173 Å². The molecule has 0 heterocycles. The molecule has 3 rings (SSSR count). The van der Waals surface area contributed by atoms with Crippen molar-refractivity contribution in [2.45, 2.75) is 6.92 Å². The predicted molar refractivity (Wildman–Crippen MR) is 113 cm³/mol. The highest BCUT2D eigenvalue weighted by Gasteiger charge is 2.09. The number of nitrogens with zero attached hydrogens (tertiary/aromatic N) is 1. The van der Waals surface area contributed by atoms with E-state index in [1.54, 1.807) is 55.5 Å². The summed E-state index contributed by atoms with van der Waals surface area (Å²) in [4.78, 5) is 24.6. The molecule has 0 aromatic heterocycles. The van der Waals surface area contributed by atoms with E-state index in [0.717, 1.165) is 0 Å². The van der Waals surface area contributed by atoms with Gasteiger partial charge < -0.3 is 10.1 Å². The van der Waals surface area contributed by atoms with E-state index in [9.17, 15) is 14.0 Å². The first kappa shape index (κ1) is 20.7. The summed E-state index contributed by atoms with van der Waals surface area (Å²) in [6.07, 6.45) is 0. The van der Waals surface area contributed by atoms with Gasteiger partial charge in [-0.1, -0.05) is 24.3 Å². The van der Waals surface area contributed by atoms with Crippen LogP contribution < -0.4 is 15.5 Å². The molecule has 0 unspecified atom stereocenters. The minimum absolute atomic E-state index is 0.219. The van der Waals surface area contributed by atoms with Gasteiger partial charge in [-0.05, 0) is 61.0 Å². The number of ether oxygens (including phenoxy) is 1. The number of nitrogens with one attached hydrogen (secondary N) is 2. The number of hydrogen-bond donors (Lipinski definition) is 2. The molecular formula is C23H20FN3O3. The maximum absolute atomic E-state index is 13.3. The lowest BCUT2D eigenvalue weighted by atomic mass is 10.1. The molecule has 0 spiro atoms. The van der Waals surface area contributed by atoms with E-state index in [2.05, 4.69) is 15.8 Å². The zero-order valence-electron chi connectivity index (χ0n) is 16.5. The van der Waals surface area contributed by atoms with Crippen LogP contribution in [0.1, 0.15) is 33.2 Å². The quantitative estimate of drug-likeness (QED) is 0.476. The molecule has 2 amide bonds. The molecular weight excluding hydrogens is 385 g/mol. The van der Waals surface area contributed by atoms with Crippen LogP contribution in [0.2, 0.25) is 0 Å². The molecule has 0 aliphatic heterocycles. The van der Waals surface area contributed by atoms with Crippen molar-refractivity contribution in [2.75, 3.05) is 12.4 Å². The molecule has 0 fully saturated rings. The molecule has 0 atom stereocenters. The molecule has 0 aliphatic rings. The van der Waals surface area contributed by atoms with E-state index in [0.29, 0.717) is 28.3 Å². The highest BCUT2D eigenvalue weighted by atomic mass is 19.1. The number of rotatable bonds is 6. The van der Waals surface area contributed by atoms with Crippen molar-refractivity contribution in [1.82, 2.24) is 5.43 Å². The van der Waals surface area contributed by atoms with Crippen LogP contribution in [0.15, 0.2) is 77.9 Å². The van der Waals surface area contributed by atoms with Crippen LogP contribution in [0, 0.1) is 5.82 Å². The summed E-state index contributed by atoms with van der Waals surface area (Å²) < 4.78 is 18.4. The molecule has 2 N–H and O–H groups in total. The lowest BCUT2D eigenvalue weighted by molar-refractivity contribution is 0.0953. The second kappa shape index (κ2) is 9.47. The summed E-state index contributed by atoms with van der Waals surface area (Å²) in [5.74, 6) is -0.701. The lowest BCUT2D eigenvalue weighted by Gasteiger charge is -2.08. The average Bonchev–Trinajstić information content (AvgIpc) is 2.77. The monoisotopic (exact) mass is 405 g/mol. The smallest absolute Gasteiger partial charge is 0.271 e. The van der Waals surface area contributed by atoms with Crippen LogP contribution >= 0.6 is 0 Å². The van der Waals surface area contributed by atoms with Gasteiger partial charge in [-0.3, -0.25) is 9.59 Å². The second-order valence-corrected chi connectivity index (χ2v) is 6.42. The molecule has 7 heteroatoms. The lowest BCUT2D eigenvalue weighted by Crippen LogP contribution is -2.19. The van der Waals surface area contributed by atoms with Gasteiger partial charge in [0, 0.05) is 16.8 Å². The third-order valence-corrected chi connectivity index (χ3v) is 4.28. The van der Waals surface area contributed by atoms with E-state index in [1.807, 2.05) is 0 Å². The first-order valence-electron chi connectivity index (χ1n) is 9.12. The van der Waals surface area contributed by atoms with Crippen LogP contribution in [-0.2, 0) is 0 Å². The van der Waals surface area contributed by atoms with Crippen LogP contribution in [0.3, 0.4) is 0 Å². The van der Waals surface area contributed by atoms with Crippen molar-refractivity contribution in [2.24, 2.45) is 5.10 Å². The third-order valence-electron chi connectivity index (χ3n) is 4.28. The third kappa shape index (κ3) is 5.29. The number of hydrazone groups is 1. The van der Waals surface area contributed by atoms with Crippen molar-refractivity contribution < 1.29 is 18.7 Å². The summed E-state index contributed by atoms with van der Waals surface area (Å²) in [7, 11) is 1.53. The largest absolute Gasteiger partial charge is 0.497 e. The molecule has 0 aliphatic carbocycles. The Morgan fingerprint density at radius 1 is 0.867 bits per heavy atom. The molecule has 30 heavy (non-hydrogen) atoms. The van der Waals surface area contributed by atoms with Gasteiger partial charge in [0.05, 0.1) is 12.8 Å². The number of hydrogen-bond acceptors (Lipinski definition) is 4. The minimum atomic E-state index is -0.480. The van der Waals surface area contributed by atoms with Gasteiger partial charge in [-0.25, -0.2) is 9.82 Å². The van der Waals surface area contributed by atoms with Crippen molar-refractivity contribution in [3.05, 3.63) is 95.3 Å². The number of methoxy groups -OCH3 is 1. The van der Waals surface area contributed by atoms with Crippen molar-refractivity contribution in [1.29, 1.82) is 0 Å².